The van der Waals surface area contributed by atoms with E-state index in [1.54, 1.807) is 0 Å². The third kappa shape index (κ3) is 3.96. The van der Waals surface area contributed by atoms with Crippen LogP contribution in [-0.2, 0) is 11.3 Å². The van der Waals surface area contributed by atoms with Crippen molar-refractivity contribution >= 4 is 5.91 Å². The third-order valence-corrected chi connectivity index (χ3v) is 4.01. The second-order valence-corrected chi connectivity index (χ2v) is 6.14. The molecule has 0 unspecified atom stereocenters. The van der Waals surface area contributed by atoms with Crippen LogP contribution in [0.4, 0.5) is 0 Å². The Hall–Kier alpha value is -2.21. The van der Waals surface area contributed by atoms with E-state index in [9.17, 15) is 4.79 Å². The number of nitrogens with zero attached hydrogens (tertiary/aromatic N) is 4. The van der Waals surface area contributed by atoms with Gasteiger partial charge in [-0.15, -0.1) is 0 Å². The van der Waals surface area contributed by atoms with E-state index in [1.165, 1.54) is 0 Å². The number of carbonyl (C=O) groups excluding carboxylic acids is 1. The number of benzene rings is 1. The quantitative estimate of drug-likeness (QED) is 0.846. The number of amides is 1. The number of hydrogen-bond acceptors (Lipinski definition) is 5. The van der Waals surface area contributed by atoms with Gasteiger partial charge in [0, 0.05) is 18.7 Å². The van der Waals surface area contributed by atoms with Crippen molar-refractivity contribution in [3.05, 3.63) is 35.7 Å². The maximum atomic E-state index is 12.1. The summed E-state index contributed by atoms with van der Waals surface area (Å²) in [6.07, 6.45) is 2.22. The van der Waals surface area contributed by atoms with Gasteiger partial charge in [-0.25, -0.2) is 0 Å². The van der Waals surface area contributed by atoms with Crippen LogP contribution in [-0.4, -0.2) is 52.5 Å². The molecular formula is C17H22N4O2. The standard InChI is InChI=1S/C17H22N4O2/c1-13-6-5-7-14(10-13)17-18-15(23-19-17)11-20(2)12-16(22)21-8-3-4-9-21/h5-7,10H,3-4,8-9,11-12H2,1-2H3. The first-order valence-corrected chi connectivity index (χ1v) is 7.98. The van der Waals surface area contributed by atoms with Crippen molar-refractivity contribution in [2.75, 3.05) is 26.7 Å². The number of carbonyl (C=O) groups is 1. The SMILES string of the molecule is Cc1cccc(-c2noc(CN(C)CC(=O)N3CCCC3)n2)c1. The molecule has 0 atom stereocenters. The Balaban J connectivity index is 1.59. The number of hydrogen-bond donors (Lipinski definition) is 0. The summed E-state index contributed by atoms with van der Waals surface area (Å²) in [5.74, 6) is 1.28. The summed E-state index contributed by atoms with van der Waals surface area (Å²) in [7, 11) is 1.89. The molecule has 1 fully saturated rings. The minimum absolute atomic E-state index is 0.170. The fourth-order valence-corrected chi connectivity index (χ4v) is 2.80. The second kappa shape index (κ2) is 6.91. The van der Waals surface area contributed by atoms with Gasteiger partial charge in [0.25, 0.3) is 0 Å². The third-order valence-electron chi connectivity index (χ3n) is 4.01. The predicted octanol–water partition coefficient (Wildman–Crippen LogP) is 2.10. The molecule has 1 saturated heterocycles. The predicted molar refractivity (Wildman–Crippen MR) is 86.6 cm³/mol. The van der Waals surface area contributed by atoms with Crippen LogP contribution in [0.25, 0.3) is 11.4 Å². The summed E-state index contributed by atoms with van der Waals surface area (Å²) in [5, 5.41) is 4.03. The normalized spacial score (nSPS) is 14.7. The molecule has 1 aliphatic heterocycles. The van der Waals surface area contributed by atoms with Crippen molar-refractivity contribution < 1.29 is 9.32 Å². The van der Waals surface area contributed by atoms with Crippen molar-refractivity contribution in [2.24, 2.45) is 0 Å². The molecule has 3 rings (SSSR count). The fourth-order valence-electron chi connectivity index (χ4n) is 2.80. The first-order valence-electron chi connectivity index (χ1n) is 7.98. The topological polar surface area (TPSA) is 62.5 Å². The zero-order chi connectivity index (χ0) is 16.2. The van der Waals surface area contributed by atoms with E-state index in [4.69, 9.17) is 4.52 Å². The summed E-state index contributed by atoms with van der Waals surface area (Å²) in [6, 6.07) is 7.99. The van der Waals surface area contributed by atoms with Gasteiger partial charge >= 0.3 is 0 Å². The maximum Gasteiger partial charge on any atom is 0.241 e. The minimum atomic E-state index is 0.170. The molecule has 23 heavy (non-hydrogen) atoms. The van der Waals surface area contributed by atoms with Crippen LogP contribution < -0.4 is 0 Å². The van der Waals surface area contributed by atoms with E-state index < -0.39 is 0 Å². The first-order chi connectivity index (χ1) is 11.1. The van der Waals surface area contributed by atoms with Crippen LogP contribution in [0.2, 0.25) is 0 Å². The van der Waals surface area contributed by atoms with Gasteiger partial charge in [-0.05, 0) is 32.9 Å². The van der Waals surface area contributed by atoms with Gasteiger partial charge in [0.1, 0.15) is 0 Å². The molecule has 1 aliphatic rings. The first kappa shape index (κ1) is 15.7. The second-order valence-electron chi connectivity index (χ2n) is 6.14. The van der Waals surface area contributed by atoms with Gasteiger partial charge in [0.15, 0.2) is 0 Å². The summed E-state index contributed by atoms with van der Waals surface area (Å²) >= 11 is 0. The molecule has 1 amide bonds. The molecular weight excluding hydrogens is 292 g/mol. The number of likely N-dealkylation sites (N-methyl/N-ethyl adjacent to an activating group) is 1. The van der Waals surface area contributed by atoms with E-state index in [0.717, 1.165) is 37.1 Å². The lowest BCUT2D eigenvalue weighted by Gasteiger charge is -2.19. The molecule has 0 radical (unpaired) electrons. The van der Waals surface area contributed by atoms with Crippen LogP contribution in [0.1, 0.15) is 24.3 Å². The summed E-state index contributed by atoms with van der Waals surface area (Å²) in [4.78, 5) is 20.4. The van der Waals surface area contributed by atoms with Crippen molar-refractivity contribution in [2.45, 2.75) is 26.3 Å². The molecule has 1 aromatic carbocycles. The largest absolute Gasteiger partial charge is 0.342 e. The highest BCUT2D eigenvalue weighted by atomic mass is 16.5. The van der Waals surface area contributed by atoms with E-state index in [1.807, 2.05) is 48.0 Å². The molecule has 2 aromatic rings. The highest BCUT2D eigenvalue weighted by molar-refractivity contribution is 5.78. The van der Waals surface area contributed by atoms with Gasteiger partial charge in [-0.2, -0.15) is 4.98 Å². The lowest BCUT2D eigenvalue weighted by atomic mass is 10.1. The van der Waals surface area contributed by atoms with Crippen LogP contribution in [0.15, 0.2) is 28.8 Å². The Morgan fingerprint density at radius 3 is 2.87 bits per heavy atom. The fraction of sp³-hybridized carbons (Fsp3) is 0.471. The molecule has 6 heteroatoms. The molecule has 0 N–H and O–H groups in total. The number of rotatable bonds is 5. The van der Waals surface area contributed by atoms with E-state index in [0.29, 0.717) is 24.8 Å². The van der Waals surface area contributed by atoms with Crippen LogP contribution in [0.5, 0.6) is 0 Å². The Labute approximate surface area is 136 Å². The van der Waals surface area contributed by atoms with E-state index in [-0.39, 0.29) is 5.91 Å². The van der Waals surface area contributed by atoms with Gasteiger partial charge in [0.05, 0.1) is 13.1 Å². The Bertz CT molecular complexity index is 677. The highest BCUT2D eigenvalue weighted by Gasteiger charge is 2.20. The zero-order valence-electron chi connectivity index (χ0n) is 13.7. The molecule has 0 bridgehead atoms. The van der Waals surface area contributed by atoms with Gasteiger partial charge in [-0.3, -0.25) is 9.69 Å². The van der Waals surface area contributed by atoms with Crippen molar-refractivity contribution in [3.8, 4) is 11.4 Å². The van der Waals surface area contributed by atoms with Crippen molar-refractivity contribution in [3.63, 3.8) is 0 Å². The molecule has 122 valence electrons. The lowest BCUT2D eigenvalue weighted by Crippen LogP contribution is -2.37. The van der Waals surface area contributed by atoms with Crippen LogP contribution in [0.3, 0.4) is 0 Å². The summed E-state index contributed by atoms with van der Waals surface area (Å²) < 4.78 is 5.31. The van der Waals surface area contributed by atoms with Crippen molar-refractivity contribution in [1.29, 1.82) is 0 Å². The monoisotopic (exact) mass is 314 g/mol. The zero-order valence-corrected chi connectivity index (χ0v) is 13.7. The number of likely N-dealkylation sites (tertiary alicyclic amines) is 1. The molecule has 0 saturated carbocycles. The highest BCUT2D eigenvalue weighted by Crippen LogP contribution is 2.17. The lowest BCUT2D eigenvalue weighted by molar-refractivity contribution is -0.131. The Morgan fingerprint density at radius 2 is 2.13 bits per heavy atom. The molecule has 0 aliphatic carbocycles. The molecule has 6 nitrogen and oxygen atoms in total. The van der Waals surface area contributed by atoms with Crippen LogP contribution in [0, 0.1) is 6.92 Å². The average Bonchev–Trinajstić information content (AvgIpc) is 3.18. The number of aromatic nitrogens is 2. The maximum absolute atomic E-state index is 12.1. The minimum Gasteiger partial charge on any atom is -0.342 e. The van der Waals surface area contributed by atoms with Gasteiger partial charge < -0.3 is 9.42 Å². The van der Waals surface area contributed by atoms with Gasteiger partial charge in [-0.1, -0.05) is 28.9 Å². The van der Waals surface area contributed by atoms with Crippen molar-refractivity contribution in [1.82, 2.24) is 19.9 Å². The smallest absolute Gasteiger partial charge is 0.241 e. The summed E-state index contributed by atoms with van der Waals surface area (Å²) in [5.41, 5.74) is 2.10. The Morgan fingerprint density at radius 1 is 1.35 bits per heavy atom. The number of aryl methyl sites for hydroxylation is 1. The molecule has 1 aromatic heterocycles. The van der Waals surface area contributed by atoms with E-state index >= 15 is 0 Å². The van der Waals surface area contributed by atoms with E-state index in [2.05, 4.69) is 10.1 Å². The summed E-state index contributed by atoms with van der Waals surface area (Å²) in [6.45, 7) is 4.64. The molecule has 2 heterocycles. The van der Waals surface area contributed by atoms with Crippen LogP contribution >= 0.6 is 0 Å². The molecule has 0 spiro atoms. The average molecular weight is 314 g/mol. The van der Waals surface area contributed by atoms with Gasteiger partial charge in [0.2, 0.25) is 17.6 Å². The Kier molecular flexibility index (Phi) is 4.71.